The second-order valence-corrected chi connectivity index (χ2v) is 6.64. The van der Waals surface area contributed by atoms with Gasteiger partial charge in [0.25, 0.3) is 0 Å². The number of halogens is 1. The molecule has 3 N–H and O–H groups in total. The summed E-state index contributed by atoms with van der Waals surface area (Å²) in [6.07, 6.45) is 2.28. The predicted molar refractivity (Wildman–Crippen MR) is 118 cm³/mol. The number of fused-ring (bicyclic) bond motifs is 1. The molecule has 1 aromatic rings. The Hall–Kier alpha value is -1.91. The van der Waals surface area contributed by atoms with Crippen LogP contribution in [0.3, 0.4) is 0 Å². The lowest BCUT2D eigenvalue weighted by Crippen LogP contribution is -2.48. The third-order valence-electron chi connectivity index (χ3n) is 4.62. The van der Waals surface area contributed by atoms with Crippen LogP contribution in [0.4, 0.5) is 4.79 Å². The molecule has 0 atom stereocenters. The van der Waals surface area contributed by atoms with Crippen LogP contribution >= 0.6 is 24.0 Å². The molecule has 28 heavy (non-hydrogen) atoms. The minimum atomic E-state index is -0.244. The molecule has 1 saturated heterocycles. The molecule has 1 amide bonds. The summed E-state index contributed by atoms with van der Waals surface area (Å²) in [5.41, 5.74) is 7.05. The van der Waals surface area contributed by atoms with Gasteiger partial charge in [0, 0.05) is 25.6 Å². The van der Waals surface area contributed by atoms with Gasteiger partial charge in [-0.2, -0.15) is 0 Å². The van der Waals surface area contributed by atoms with Crippen molar-refractivity contribution in [1.29, 1.82) is 0 Å². The Labute approximate surface area is 182 Å². The fraction of sp³-hybridized carbons (Fsp3) is 0.579. The van der Waals surface area contributed by atoms with E-state index in [-0.39, 0.29) is 36.1 Å². The van der Waals surface area contributed by atoms with Gasteiger partial charge >= 0.3 is 6.09 Å². The van der Waals surface area contributed by atoms with Gasteiger partial charge in [-0.25, -0.2) is 9.79 Å². The summed E-state index contributed by atoms with van der Waals surface area (Å²) in [6, 6.07) is 6.06. The van der Waals surface area contributed by atoms with Gasteiger partial charge in [0.15, 0.2) is 17.5 Å². The van der Waals surface area contributed by atoms with E-state index in [1.807, 2.05) is 25.1 Å². The lowest BCUT2D eigenvalue weighted by molar-refractivity contribution is 0.0963. The number of aliphatic imine (C=N–C) groups is 1. The van der Waals surface area contributed by atoms with Crippen LogP contribution in [-0.4, -0.2) is 55.9 Å². The van der Waals surface area contributed by atoms with Gasteiger partial charge in [0.05, 0.1) is 26.4 Å². The molecule has 0 aromatic heterocycles. The van der Waals surface area contributed by atoms with Crippen molar-refractivity contribution < 1.29 is 19.0 Å². The number of hydrogen-bond donors (Lipinski definition) is 2. The lowest BCUT2D eigenvalue weighted by Gasteiger charge is -2.31. The Balaban J connectivity index is 0.00000280. The topological polar surface area (TPSA) is 98.4 Å². The van der Waals surface area contributed by atoms with E-state index in [1.54, 1.807) is 4.90 Å². The Bertz CT molecular complexity index is 678. The fourth-order valence-corrected chi connectivity index (χ4v) is 3.16. The molecule has 0 aliphatic carbocycles. The number of nitrogens with zero attached hydrogens (tertiary/aromatic N) is 2. The number of guanidine groups is 1. The zero-order valence-electron chi connectivity index (χ0n) is 16.2. The number of rotatable bonds is 4. The maximum Gasteiger partial charge on any atom is 0.409 e. The van der Waals surface area contributed by atoms with Crippen molar-refractivity contribution in [2.24, 2.45) is 10.7 Å². The molecule has 2 aliphatic rings. The molecule has 3 rings (SSSR count). The van der Waals surface area contributed by atoms with Gasteiger partial charge in [-0.05, 0) is 37.5 Å². The molecule has 8 nitrogen and oxygen atoms in total. The summed E-state index contributed by atoms with van der Waals surface area (Å²) in [5, 5.41) is 3.25. The number of carbonyl (C=O) groups excluding carboxylic acids is 1. The van der Waals surface area contributed by atoms with Crippen molar-refractivity contribution >= 4 is 36.0 Å². The Morgan fingerprint density at radius 2 is 2.00 bits per heavy atom. The highest BCUT2D eigenvalue weighted by atomic mass is 127. The summed E-state index contributed by atoms with van der Waals surface area (Å²) in [6.45, 7) is 5.34. The van der Waals surface area contributed by atoms with Gasteiger partial charge in [-0.15, -0.1) is 24.0 Å². The molecule has 0 radical (unpaired) electrons. The van der Waals surface area contributed by atoms with Crippen molar-refractivity contribution in [1.82, 2.24) is 10.2 Å². The molecule has 0 bridgehead atoms. The molecule has 9 heteroatoms. The first-order chi connectivity index (χ1) is 13.2. The van der Waals surface area contributed by atoms with E-state index >= 15 is 0 Å². The maximum atomic E-state index is 11.7. The number of benzene rings is 1. The predicted octanol–water partition coefficient (Wildman–Crippen LogP) is 2.49. The summed E-state index contributed by atoms with van der Waals surface area (Å²) in [5.74, 6) is 1.95. The van der Waals surface area contributed by atoms with E-state index in [4.69, 9.17) is 19.9 Å². The molecule has 0 unspecified atom stereocenters. The van der Waals surface area contributed by atoms with Crippen LogP contribution < -0.4 is 20.5 Å². The normalized spacial score (nSPS) is 17.3. The number of piperidine rings is 1. The van der Waals surface area contributed by atoms with Crippen LogP contribution in [0.5, 0.6) is 11.5 Å². The smallest absolute Gasteiger partial charge is 0.409 e. The van der Waals surface area contributed by atoms with E-state index in [1.165, 1.54) is 0 Å². The number of carbonyl (C=O) groups is 1. The van der Waals surface area contributed by atoms with Gasteiger partial charge in [-0.3, -0.25) is 0 Å². The van der Waals surface area contributed by atoms with E-state index in [9.17, 15) is 4.79 Å². The van der Waals surface area contributed by atoms with Crippen molar-refractivity contribution in [3.63, 3.8) is 0 Å². The summed E-state index contributed by atoms with van der Waals surface area (Å²) < 4.78 is 16.4. The van der Waals surface area contributed by atoms with E-state index in [0.717, 1.165) is 36.3 Å². The first kappa shape index (κ1) is 22.4. The van der Waals surface area contributed by atoms with Crippen molar-refractivity contribution in [2.75, 3.05) is 32.9 Å². The van der Waals surface area contributed by atoms with Crippen LogP contribution in [0, 0.1) is 0 Å². The van der Waals surface area contributed by atoms with Crippen LogP contribution in [0.1, 0.15) is 31.7 Å². The molecular weight excluding hydrogens is 475 g/mol. The number of ether oxygens (including phenoxy) is 3. The quantitative estimate of drug-likeness (QED) is 0.372. The Morgan fingerprint density at radius 3 is 2.71 bits per heavy atom. The van der Waals surface area contributed by atoms with E-state index in [2.05, 4.69) is 10.3 Å². The van der Waals surface area contributed by atoms with Crippen molar-refractivity contribution in [2.45, 2.75) is 38.8 Å². The van der Waals surface area contributed by atoms with Gasteiger partial charge in [0.1, 0.15) is 0 Å². The van der Waals surface area contributed by atoms with Crippen LogP contribution in [-0.2, 0) is 11.3 Å². The van der Waals surface area contributed by atoms with Crippen molar-refractivity contribution in [3.05, 3.63) is 23.8 Å². The minimum absolute atomic E-state index is 0. The van der Waals surface area contributed by atoms with Crippen molar-refractivity contribution in [3.8, 4) is 11.5 Å². The Morgan fingerprint density at radius 1 is 1.29 bits per heavy atom. The summed E-state index contributed by atoms with van der Waals surface area (Å²) in [4.78, 5) is 17.9. The fourth-order valence-electron chi connectivity index (χ4n) is 3.16. The first-order valence-corrected chi connectivity index (χ1v) is 9.52. The highest BCUT2D eigenvalue weighted by Crippen LogP contribution is 2.30. The zero-order chi connectivity index (χ0) is 19.1. The zero-order valence-corrected chi connectivity index (χ0v) is 18.5. The third-order valence-corrected chi connectivity index (χ3v) is 4.62. The SMILES string of the molecule is CCOC(=O)N1CCC(NC(N)=NCc2ccc3c(c2)OCCCO3)CC1.I. The number of nitrogens with one attached hydrogen (secondary N) is 1. The second-order valence-electron chi connectivity index (χ2n) is 6.64. The molecule has 1 fully saturated rings. The minimum Gasteiger partial charge on any atom is -0.490 e. The average molecular weight is 504 g/mol. The van der Waals surface area contributed by atoms with Gasteiger partial charge in [-0.1, -0.05) is 6.07 Å². The Kier molecular flexibility index (Phi) is 8.94. The maximum absolute atomic E-state index is 11.7. The largest absolute Gasteiger partial charge is 0.490 e. The van der Waals surface area contributed by atoms with E-state index < -0.39 is 0 Å². The first-order valence-electron chi connectivity index (χ1n) is 9.52. The molecule has 1 aromatic carbocycles. The number of hydrogen-bond acceptors (Lipinski definition) is 5. The molecule has 156 valence electrons. The molecular formula is C19H29IN4O4. The summed E-state index contributed by atoms with van der Waals surface area (Å²) in [7, 11) is 0. The highest BCUT2D eigenvalue weighted by molar-refractivity contribution is 14.0. The number of likely N-dealkylation sites (tertiary alicyclic amines) is 1. The van der Waals surface area contributed by atoms with Gasteiger partial charge < -0.3 is 30.2 Å². The summed E-state index contributed by atoms with van der Waals surface area (Å²) >= 11 is 0. The van der Waals surface area contributed by atoms with Gasteiger partial charge in [0.2, 0.25) is 0 Å². The average Bonchev–Trinajstić information content (AvgIpc) is 2.92. The molecule has 0 saturated carbocycles. The monoisotopic (exact) mass is 504 g/mol. The van der Waals surface area contributed by atoms with Crippen LogP contribution in [0.25, 0.3) is 0 Å². The highest BCUT2D eigenvalue weighted by Gasteiger charge is 2.23. The van der Waals surface area contributed by atoms with Crippen LogP contribution in [0.2, 0.25) is 0 Å². The lowest BCUT2D eigenvalue weighted by atomic mass is 10.1. The molecule has 2 heterocycles. The third kappa shape index (κ3) is 6.32. The number of amides is 1. The standard InChI is InChI=1S/C19H28N4O4.HI/c1-2-25-19(24)23-8-6-15(7-9-23)22-18(20)21-13-14-4-5-16-17(12-14)27-11-3-10-26-16;/h4-5,12,15H,2-3,6-11,13H2,1H3,(H3,20,21,22);1H. The number of nitrogens with two attached hydrogens (primary N) is 1. The second kappa shape index (κ2) is 11.2. The van der Waals surface area contributed by atoms with Crippen LogP contribution in [0.15, 0.2) is 23.2 Å². The molecule has 0 spiro atoms. The molecule has 2 aliphatic heterocycles. The van der Waals surface area contributed by atoms with E-state index in [0.29, 0.717) is 45.4 Å².